The van der Waals surface area contributed by atoms with Gasteiger partial charge in [-0.25, -0.2) is 0 Å². The SMILES string of the molecule is CCC(=O)C1CCC(CNC(=O)C2CCC(C)CC2)CC1. The molecule has 0 aliphatic heterocycles. The minimum absolute atomic E-state index is 0.249. The molecule has 2 saturated carbocycles. The Hall–Kier alpha value is -0.860. The van der Waals surface area contributed by atoms with Gasteiger partial charge in [0.2, 0.25) is 5.91 Å². The molecule has 3 heteroatoms. The lowest BCUT2D eigenvalue weighted by atomic mass is 9.79. The van der Waals surface area contributed by atoms with E-state index in [2.05, 4.69) is 12.2 Å². The number of Topliss-reactive ketones (excluding diaryl/α,β-unsaturated/α-hetero) is 1. The maximum atomic E-state index is 12.2. The number of hydrogen-bond acceptors (Lipinski definition) is 2. The summed E-state index contributed by atoms with van der Waals surface area (Å²) in [6.07, 6.45) is 9.42. The molecule has 0 unspecified atom stereocenters. The topological polar surface area (TPSA) is 46.2 Å². The van der Waals surface area contributed by atoms with Crippen LogP contribution in [0.2, 0.25) is 0 Å². The Morgan fingerprint density at radius 2 is 1.48 bits per heavy atom. The Morgan fingerprint density at radius 3 is 2.05 bits per heavy atom. The summed E-state index contributed by atoms with van der Waals surface area (Å²) in [5.41, 5.74) is 0. The van der Waals surface area contributed by atoms with E-state index in [9.17, 15) is 9.59 Å². The summed E-state index contributed by atoms with van der Waals surface area (Å²) >= 11 is 0. The highest BCUT2D eigenvalue weighted by Gasteiger charge is 2.27. The second-order valence-electron chi connectivity index (χ2n) is 7.24. The number of nitrogens with one attached hydrogen (secondary N) is 1. The molecule has 2 fully saturated rings. The zero-order valence-electron chi connectivity index (χ0n) is 13.7. The molecule has 0 atom stereocenters. The van der Waals surface area contributed by atoms with E-state index in [0.717, 1.165) is 51.0 Å². The van der Waals surface area contributed by atoms with E-state index < -0.39 is 0 Å². The normalized spacial score (nSPS) is 33.4. The molecule has 2 aliphatic carbocycles. The van der Waals surface area contributed by atoms with Crippen LogP contribution in [0.25, 0.3) is 0 Å². The smallest absolute Gasteiger partial charge is 0.223 e. The van der Waals surface area contributed by atoms with Gasteiger partial charge in [-0.15, -0.1) is 0 Å². The van der Waals surface area contributed by atoms with Crippen molar-refractivity contribution in [1.82, 2.24) is 5.32 Å². The summed E-state index contributed by atoms with van der Waals surface area (Å²) in [6, 6.07) is 0. The molecule has 0 spiro atoms. The summed E-state index contributed by atoms with van der Waals surface area (Å²) in [5, 5.41) is 3.17. The molecule has 1 amide bonds. The van der Waals surface area contributed by atoms with Crippen molar-refractivity contribution in [3.05, 3.63) is 0 Å². The van der Waals surface area contributed by atoms with Crippen molar-refractivity contribution >= 4 is 11.7 Å². The molecule has 0 saturated heterocycles. The van der Waals surface area contributed by atoms with Crippen LogP contribution in [0.4, 0.5) is 0 Å². The number of rotatable bonds is 5. The van der Waals surface area contributed by atoms with E-state index in [4.69, 9.17) is 0 Å². The van der Waals surface area contributed by atoms with Crippen LogP contribution in [0.15, 0.2) is 0 Å². The summed E-state index contributed by atoms with van der Waals surface area (Å²) in [6.45, 7) is 5.06. The second-order valence-corrected chi connectivity index (χ2v) is 7.24. The standard InChI is InChI=1S/C18H31NO2/c1-3-17(20)15-10-6-14(7-11-15)12-19-18(21)16-8-4-13(2)5-9-16/h13-16H,3-12H2,1-2H3,(H,19,21). The number of carbonyl (C=O) groups is 2. The lowest BCUT2D eigenvalue weighted by Crippen LogP contribution is -2.37. The van der Waals surface area contributed by atoms with Crippen molar-refractivity contribution in [2.75, 3.05) is 6.54 Å². The summed E-state index contributed by atoms with van der Waals surface area (Å²) in [7, 11) is 0. The fourth-order valence-corrected chi connectivity index (χ4v) is 3.89. The first-order valence-corrected chi connectivity index (χ1v) is 8.90. The summed E-state index contributed by atoms with van der Waals surface area (Å²) < 4.78 is 0. The third-order valence-electron chi connectivity index (χ3n) is 5.60. The summed E-state index contributed by atoms with van der Waals surface area (Å²) in [4.78, 5) is 23.9. The molecule has 2 aliphatic rings. The van der Waals surface area contributed by atoms with Crippen LogP contribution in [0.5, 0.6) is 0 Å². The molecule has 0 aromatic rings. The molecule has 0 bridgehead atoms. The maximum absolute atomic E-state index is 12.2. The highest BCUT2D eigenvalue weighted by molar-refractivity contribution is 5.80. The zero-order valence-corrected chi connectivity index (χ0v) is 13.7. The third-order valence-corrected chi connectivity index (χ3v) is 5.60. The fraction of sp³-hybridized carbons (Fsp3) is 0.889. The molecule has 0 aromatic carbocycles. The van der Waals surface area contributed by atoms with Crippen LogP contribution < -0.4 is 5.32 Å². The fourth-order valence-electron chi connectivity index (χ4n) is 3.89. The predicted octanol–water partition coefficient (Wildman–Crippen LogP) is 3.71. The van der Waals surface area contributed by atoms with Crippen LogP contribution in [0.3, 0.4) is 0 Å². The van der Waals surface area contributed by atoms with Gasteiger partial charge >= 0.3 is 0 Å². The molecule has 0 heterocycles. The van der Waals surface area contributed by atoms with Crippen molar-refractivity contribution in [3.8, 4) is 0 Å². The Labute approximate surface area is 129 Å². The van der Waals surface area contributed by atoms with Crippen molar-refractivity contribution in [2.45, 2.75) is 71.6 Å². The van der Waals surface area contributed by atoms with Gasteiger partial charge in [0.15, 0.2) is 0 Å². The minimum Gasteiger partial charge on any atom is -0.356 e. The van der Waals surface area contributed by atoms with Crippen LogP contribution in [-0.4, -0.2) is 18.2 Å². The van der Waals surface area contributed by atoms with Gasteiger partial charge in [0.05, 0.1) is 0 Å². The predicted molar refractivity (Wildman–Crippen MR) is 84.9 cm³/mol. The molecule has 3 nitrogen and oxygen atoms in total. The van der Waals surface area contributed by atoms with Gasteiger partial charge in [0.1, 0.15) is 5.78 Å². The van der Waals surface area contributed by atoms with Crippen LogP contribution in [0, 0.1) is 23.7 Å². The van der Waals surface area contributed by atoms with E-state index in [0.29, 0.717) is 24.0 Å². The lowest BCUT2D eigenvalue weighted by Gasteiger charge is -2.29. The molecular weight excluding hydrogens is 262 g/mol. The van der Waals surface area contributed by atoms with E-state index in [1.807, 2.05) is 6.92 Å². The van der Waals surface area contributed by atoms with Crippen molar-refractivity contribution in [3.63, 3.8) is 0 Å². The number of ketones is 1. The molecule has 0 aromatic heterocycles. The highest BCUT2D eigenvalue weighted by atomic mass is 16.2. The maximum Gasteiger partial charge on any atom is 0.223 e. The van der Waals surface area contributed by atoms with Crippen LogP contribution >= 0.6 is 0 Å². The van der Waals surface area contributed by atoms with Gasteiger partial charge in [-0.3, -0.25) is 9.59 Å². The van der Waals surface area contributed by atoms with Crippen molar-refractivity contribution in [2.24, 2.45) is 23.7 Å². The highest BCUT2D eigenvalue weighted by Crippen LogP contribution is 2.31. The largest absolute Gasteiger partial charge is 0.356 e. The molecule has 2 rings (SSSR count). The van der Waals surface area contributed by atoms with Gasteiger partial charge in [-0.1, -0.05) is 13.8 Å². The Kier molecular flexibility index (Phi) is 6.25. The van der Waals surface area contributed by atoms with Gasteiger partial charge < -0.3 is 5.32 Å². The first-order chi connectivity index (χ1) is 10.1. The monoisotopic (exact) mass is 293 g/mol. The van der Waals surface area contributed by atoms with Gasteiger partial charge in [-0.05, 0) is 63.2 Å². The first kappa shape index (κ1) is 16.5. The van der Waals surface area contributed by atoms with E-state index in [1.54, 1.807) is 0 Å². The second kappa shape index (κ2) is 7.95. The summed E-state index contributed by atoms with van der Waals surface area (Å²) in [5.74, 6) is 2.61. The molecule has 0 radical (unpaired) electrons. The third kappa shape index (κ3) is 4.82. The first-order valence-electron chi connectivity index (χ1n) is 8.90. The van der Waals surface area contributed by atoms with Crippen molar-refractivity contribution in [1.29, 1.82) is 0 Å². The van der Waals surface area contributed by atoms with Crippen LogP contribution in [-0.2, 0) is 9.59 Å². The Balaban J connectivity index is 1.65. The lowest BCUT2D eigenvalue weighted by molar-refractivity contribution is -0.127. The van der Waals surface area contributed by atoms with Gasteiger partial charge in [0.25, 0.3) is 0 Å². The average molecular weight is 293 g/mol. The Morgan fingerprint density at radius 1 is 0.905 bits per heavy atom. The molecular formula is C18H31NO2. The average Bonchev–Trinajstić information content (AvgIpc) is 2.53. The number of amides is 1. The van der Waals surface area contributed by atoms with Crippen LogP contribution in [0.1, 0.15) is 71.6 Å². The van der Waals surface area contributed by atoms with Crippen molar-refractivity contribution < 1.29 is 9.59 Å². The zero-order chi connectivity index (χ0) is 15.2. The molecule has 120 valence electrons. The van der Waals surface area contributed by atoms with E-state index in [1.165, 1.54) is 12.8 Å². The number of hydrogen-bond donors (Lipinski definition) is 1. The molecule has 1 N–H and O–H groups in total. The van der Waals surface area contributed by atoms with E-state index >= 15 is 0 Å². The minimum atomic E-state index is 0.249. The van der Waals surface area contributed by atoms with Gasteiger partial charge in [0, 0.05) is 24.8 Å². The number of carbonyl (C=O) groups excluding carboxylic acids is 2. The van der Waals surface area contributed by atoms with E-state index in [-0.39, 0.29) is 11.8 Å². The quantitative estimate of drug-likeness (QED) is 0.840. The molecule has 21 heavy (non-hydrogen) atoms. The Bertz CT molecular complexity index is 350. The van der Waals surface area contributed by atoms with Gasteiger partial charge in [-0.2, -0.15) is 0 Å².